The van der Waals surface area contributed by atoms with E-state index < -0.39 is 0 Å². The predicted molar refractivity (Wildman–Crippen MR) is 69.2 cm³/mol. The maximum absolute atomic E-state index is 11.3. The Morgan fingerprint density at radius 1 is 1.39 bits per heavy atom. The SMILES string of the molecule is CCOC(=O)CCC(C)(C)CO[C@@H]1CCCCO1. The summed E-state index contributed by atoms with van der Waals surface area (Å²) in [6, 6.07) is 0. The molecule has 1 heterocycles. The standard InChI is InChI=1S/C14H26O4/c1-4-16-12(15)8-9-14(2,3)11-18-13-7-5-6-10-17-13/h13H,4-11H2,1-3H3/t13-/m1/s1. The number of rotatable bonds is 7. The minimum atomic E-state index is -0.125. The molecule has 0 aromatic carbocycles. The van der Waals surface area contributed by atoms with Gasteiger partial charge in [-0.2, -0.15) is 0 Å². The van der Waals surface area contributed by atoms with Crippen LogP contribution in [0.2, 0.25) is 0 Å². The Morgan fingerprint density at radius 3 is 2.78 bits per heavy atom. The first-order valence-corrected chi connectivity index (χ1v) is 6.92. The molecule has 4 heteroatoms. The Labute approximate surface area is 110 Å². The Balaban J connectivity index is 2.19. The van der Waals surface area contributed by atoms with Crippen molar-refractivity contribution in [3.63, 3.8) is 0 Å². The fourth-order valence-corrected chi connectivity index (χ4v) is 1.91. The van der Waals surface area contributed by atoms with Crippen LogP contribution in [-0.4, -0.2) is 32.1 Å². The van der Waals surface area contributed by atoms with E-state index in [-0.39, 0.29) is 17.7 Å². The van der Waals surface area contributed by atoms with E-state index in [1.807, 2.05) is 6.92 Å². The number of hydrogen-bond donors (Lipinski definition) is 0. The first-order valence-electron chi connectivity index (χ1n) is 6.92. The number of carbonyl (C=O) groups excluding carboxylic acids is 1. The van der Waals surface area contributed by atoms with Crippen LogP contribution >= 0.6 is 0 Å². The van der Waals surface area contributed by atoms with Gasteiger partial charge in [0.1, 0.15) is 0 Å². The summed E-state index contributed by atoms with van der Waals surface area (Å²) in [5.74, 6) is -0.125. The fraction of sp³-hybridized carbons (Fsp3) is 0.929. The van der Waals surface area contributed by atoms with E-state index in [1.165, 1.54) is 6.42 Å². The molecule has 4 nitrogen and oxygen atoms in total. The zero-order chi connectivity index (χ0) is 13.4. The maximum Gasteiger partial charge on any atom is 0.305 e. The van der Waals surface area contributed by atoms with Crippen molar-refractivity contribution in [3.05, 3.63) is 0 Å². The van der Waals surface area contributed by atoms with Crippen molar-refractivity contribution in [2.24, 2.45) is 5.41 Å². The zero-order valence-corrected chi connectivity index (χ0v) is 11.9. The van der Waals surface area contributed by atoms with E-state index in [9.17, 15) is 4.79 Å². The molecule has 0 aromatic rings. The lowest BCUT2D eigenvalue weighted by Gasteiger charge is -2.29. The van der Waals surface area contributed by atoms with E-state index in [1.54, 1.807) is 0 Å². The highest BCUT2D eigenvalue weighted by molar-refractivity contribution is 5.69. The van der Waals surface area contributed by atoms with Gasteiger partial charge in [0.25, 0.3) is 0 Å². The summed E-state index contributed by atoms with van der Waals surface area (Å²) in [5, 5.41) is 0. The molecule has 0 amide bonds. The highest BCUT2D eigenvalue weighted by Crippen LogP contribution is 2.25. The Kier molecular flexibility index (Phi) is 6.65. The average Bonchev–Trinajstić information content (AvgIpc) is 2.36. The quantitative estimate of drug-likeness (QED) is 0.659. The Morgan fingerprint density at radius 2 is 2.17 bits per heavy atom. The molecular formula is C14H26O4. The highest BCUT2D eigenvalue weighted by atomic mass is 16.7. The van der Waals surface area contributed by atoms with E-state index in [4.69, 9.17) is 14.2 Å². The lowest BCUT2D eigenvalue weighted by Crippen LogP contribution is -2.29. The molecule has 0 spiro atoms. The number of esters is 1. The summed E-state index contributed by atoms with van der Waals surface area (Å²) in [6.07, 6.45) is 4.46. The van der Waals surface area contributed by atoms with Crippen molar-refractivity contribution in [2.45, 2.75) is 59.2 Å². The van der Waals surface area contributed by atoms with E-state index in [2.05, 4.69) is 13.8 Å². The van der Waals surface area contributed by atoms with Crippen LogP contribution in [0.1, 0.15) is 52.9 Å². The van der Waals surface area contributed by atoms with Crippen LogP contribution in [0.25, 0.3) is 0 Å². The minimum Gasteiger partial charge on any atom is -0.466 e. The van der Waals surface area contributed by atoms with Gasteiger partial charge in [-0.1, -0.05) is 13.8 Å². The summed E-state index contributed by atoms with van der Waals surface area (Å²) in [6.45, 7) is 7.91. The van der Waals surface area contributed by atoms with Gasteiger partial charge in [-0.25, -0.2) is 0 Å². The molecule has 1 aliphatic rings. The smallest absolute Gasteiger partial charge is 0.305 e. The molecule has 0 aromatic heterocycles. The molecule has 1 rings (SSSR count). The molecule has 0 saturated carbocycles. The van der Waals surface area contributed by atoms with Crippen LogP contribution in [0.15, 0.2) is 0 Å². The average molecular weight is 258 g/mol. The molecule has 0 radical (unpaired) electrons. The predicted octanol–water partition coefficient (Wildman–Crippen LogP) is 2.90. The van der Waals surface area contributed by atoms with Crippen LogP contribution in [0.4, 0.5) is 0 Å². The molecule has 0 bridgehead atoms. The van der Waals surface area contributed by atoms with Crippen LogP contribution in [0, 0.1) is 5.41 Å². The van der Waals surface area contributed by atoms with Gasteiger partial charge in [-0.15, -0.1) is 0 Å². The largest absolute Gasteiger partial charge is 0.466 e. The second-order valence-corrected chi connectivity index (χ2v) is 5.58. The monoisotopic (exact) mass is 258 g/mol. The van der Waals surface area contributed by atoms with Crippen molar-refractivity contribution in [1.82, 2.24) is 0 Å². The molecule has 1 aliphatic heterocycles. The third-order valence-corrected chi connectivity index (χ3v) is 3.11. The molecule has 1 atom stereocenters. The van der Waals surface area contributed by atoms with E-state index in [0.717, 1.165) is 25.9 Å². The molecule has 1 saturated heterocycles. The molecule has 0 unspecified atom stereocenters. The molecule has 0 aliphatic carbocycles. The Bertz CT molecular complexity index is 244. The van der Waals surface area contributed by atoms with Gasteiger partial charge < -0.3 is 14.2 Å². The number of hydrogen-bond acceptors (Lipinski definition) is 4. The summed E-state index contributed by atoms with van der Waals surface area (Å²) in [7, 11) is 0. The normalized spacial score (nSPS) is 20.7. The topological polar surface area (TPSA) is 44.8 Å². The maximum atomic E-state index is 11.3. The van der Waals surface area contributed by atoms with Crippen LogP contribution < -0.4 is 0 Å². The third kappa shape index (κ3) is 6.36. The van der Waals surface area contributed by atoms with Gasteiger partial charge in [0, 0.05) is 13.0 Å². The fourth-order valence-electron chi connectivity index (χ4n) is 1.91. The molecule has 18 heavy (non-hydrogen) atoms. The van der Waals surface area contributed by atoms with Crippen molar-refractivity contribution in [3.8, 4) is 0 Å². The van der Waals surface area contributed by atoms with E-state index >= 15 is 0 Å². The first kappa shape index (κ1) is 15.4. The molecule has 1 fully saturated rings. The third-order valence-electron chi connectivity index (χ3n) is 3.11. The van der Waals surface area contributed by atoms with Crippen molar-refractivity contribution in [1.29, 1.82) is 0 Å². The zero-order valence-electron chi connectivity index (χ0n) is 11.9. The molecule has 106 valence electrons. The highest BCUT2D eigenvalue weighted by Gasteiger charge is 2.23. The van der Waals surface area contributed by atoms with Gasteiger partial charge in [-0.3, -0.25) is 4.79 Å². The van der Waals surface area contributed by atoms with Gasteiger partial charge >= 0.3 is 5.97 Å². The van der Waals surface area contributed by atoms with Crippen LogP contribution in [0.5, 0.6) is 0 Å². The first-order chi connectivity index (χ1) is 8.53. The number of carbonyl (C=O) groups is 1. The van der Waals surface area contributed by atoms with Crippen molar-refractivity contribution < 1.29 is 19.0 Å². The van der Waals surface area contributed by atoms with Gasteiger partial charge in [-0.05, 0) is 38.0 Å². The lowest BCUT2D eigenvalue weighted by atomic mass is 9.89. The van der Waals surface area contributed by atoms with Crippen molar-refractivity contribution in [2.75, 3.05) is 19.8 Å². The van der Waals surface area contributed by atoms with Crippen LogP contribution in [0.3, 0.4) is 0 Å². The van der Waals surface area contributed by atoms with Gasteiger partial charge in [0.15, 0.2) is 6.29 Å². The summed E-state index contributed by atoms with van der Waals surface area (Å²) in [4.78, 5) is 11.3. The molecular weight excluding hydrogens is 232 g/mol. The number of ether oxygens (including phenoxy) is 3. The summed E-state index contributed by atoms with van der Waals surface area (Å²) in [5.41, 5.74) is -0.0203. The summed E-state index contributed by atoms with van der Waals surface area (Å²) >= 11 is 0. The van der Waals surface area contributed by atoms with Gasteiger partial charge in [0.2, 0.25) is 0 Å². The lowest BCUT2D eigenvalue weighted by molar-refractivity contribution is -0.177. The van der Waals surface area contributed by atoms with Crippen molar-refractivity contribution >= 4 is 5.97 Å². The van der Waals surface area contributed by atoms with E-state index in [0.29, 0.717) is 19.6 Å². The second kappa shape index (κ2) is 7.74. The van der Waals surface area contributed by atoms with Crippen LogP contribution in [-0.2, 0) is 19.0 Å². The van der Waals surface area contributed by atoms with Gasteiger partial charge in [0.05, 0.1) is 13.2 Å². The Hall–Kier alpha value is -0.610. The second-order valence-electron chi connectivity index (χ2n) is 5.58. The molecule has 0 N–H and O–H groups in total. The summed E-state index contributed by atoms with van der Waals surface area (Å²) < 4.78 is 16.2. The minimum absolute atomic E-state index is 0.0203.